The fraction of sp³-hybridized carbons (Fsp3) is 0.276. The van der Waals surface area contributed by atoms with Gasteiger partial charge in [-0.2, -0.15) is 0 Å². The molecular formula is C29H28BrCl2N3O4. The number of nitrogens with zero attached hydrogens (tertiary/aromatic N) is 2. The average Bonchev–Trinajstić information content (AvgIpc) is 2.94. The van der Waals surface area contributed by atoms with Gasteiger partial charge in [0.05, 0.1) is 15.5 Å². The fourth-order valence-corrected chi connectivity index (χ4v) is 4.95. The molecule has 0 spiro atoms. The second-order valence-corrected chi connectivity index (χ2v) is 11.4. The molecule has 1 aliphatic rings. The Morgan fingerprint density at radius 3 is 2.23 bits per heavy atom. The number of nitrogens with one attached hydrogen (secondary N) is 1. The predicted octanol–water partition coefficient (Wildman–Crippen LogP) is 5.81. The fourth-order valence-electron chi connectivity index (χ4n) is 4.32. The minimum atomic E-state index is -0.720. The molecule has 0 atom stereocenters. The largest absolute Gasteiger partial charge is 0.457 e. The topological polar surface area (TPSA) is 79.0 Å². The van der Waals surface area contributed by atoms with E-state index in [1.807, 2.05) is 50.2 Å². The number of benzene rings is 3. The summed E-state index contributed by atoms with van der Waals surface area (Å²) in [6, 6.07) is 19.9. The molecule has 0 radical (unpaired) electrons. The molecule has 1 heterocycles. The second-order valence-electron chi connectivity index (χ2n) is 9.69. The van der Waals surface area contributed by atoms with Crippen molar-refractivity contribution in [3.8, 4) is 11.5 Å². The van der Waals surface area contributed by atoms with E-state index in [9.17, 15) is 14.4 Å². The summed E-state index contributed by atoms with van der Waals surface area (Å²) in [5.41, 5.74) is 0.916. The van der Waals surface area contributed by atoms with Gasteiger partial charge >= 0.3 is 11.8 Å². The lowest BCUT2D eigenvalue weighted by atomic mass is 9.83. The molecule has 1 fully saturated rings. The van der Waals surface area contributed by atoms with Gasteiger partial charge in [0, 0.05) is 48.8 Å². The molecule has 10 heteroatoms. The van der Waals surface area contributed by atoms with Gasteiger partial charge in [0.15, 0.2) is 0 Å². The first kappa shape index (κ1) is 28.9. The summed E-state index contributed by atoms with van der Waals surface area (Å²) in [4.78, 5) is 42.0. The van der Waals surface area contributed by atoms with Gasteiger partial charge in [-0.1, -0.05) is 75.5 Å². The van der Waals surface area contributed by atoms with Crippen molar-refractivity contribution in [3.05, 3.63) is 92.4 Å². The number of carbonyl (C=O) groups excluding carboxylic acids is 3. The third-order valence-corrected chi connectivity index (χ3v) is 7.90. The molecule has 1 saturated heterocycles. The number of carbonyl (C=O) groups is 3. The molecule has 3 aromatic carbocycles. The van der Waals surface area contributed by atoms with Crippen molar-refractivity contribution < 1.29 is 19.1 Å². The lowest BCUT2D eigenvalue weighted by molar-refractivity contribution is -0.149. The molecule has 39 heavy (non-hydrogen) atoms. The molecule has 0 aliphatic carbocycles. The van der Waals surface area contributed by atoms with E-state index in [0.29, 0.717) is 40.2 Å². The molecule has 7 nitrogen and oxygen atoms in total. The minimum absolute atomic E-state index is 0.00464. The SMILES string of the molecule is CC(C)(C(=O)N1CCN(C(=O)C(=O)NCc2ccc(Br)cc2Oc2ccc(Cl)c(Cl)c2)CC1)c1ccccc1. The smallest absolute Gasteiger partial charge is 0.312 e. The van der Waals surface area contributed by atoms with E-state index in [4.69, 9.17) is 27.9 Å². The van der Waals surface area contributed by atoms with Gasteiger partial charge in [-0.15, -0.1) is 0 Å². The number of ether oxygens (including phenoxy) is 1. The third kappa shape index (κ3) is 6.93. The van der Waals surface area contributed by atoms with Crippen LogP contribution in [0, 0.1) is 0 Å². The van der Waals surface area contributed by atoms with Crippen LogP contribution < -0.4 is 10.1 Å². The van der Waals surface area contributed by atoms with Crippen LogP contribution in [0.2, 0.25) is 10.0 Å². The van der Waals surface area contributed by atoms with E-state index in [1.54, 1.807) is 35.2 Å². The lowest BCUT2D eigenvalue weighted by Crippen LogP contribution is -2.56. The Labute approximate surface area is 246 Å². The van der Waals surface area contributed by atoms with Crippen molar-refractivity contribution in [2.24, 2.45) is 0 Å². The first-order chi connectivity index (χ1) is 18.6. The van der Waals surface area contributed by atoms with Gasteiger partial charge in [-0.05, 0) is 43.7 Å². The third-order valence-electron chi connectivity index (χ3n) is 6.67. The summed E-state index contributed by atoms with van der Waals surface area (Å²) in [5, 5.41) is 3.46. The standard InChI is InChI=1S/C29H28BrCl2N3O4/c1-29(2,20-6-4-3-5-7-20)28(38)35-14-12-34(13-15-35)27(37)26(36)33-18-19-8-9-21(30)16-25(19)39-22-10-11-23(31)24(32)17-22/h3-11,16-17H,12-15,18H2,1-2H3,(H,33,36). The summed E-state index contributed by atoms with van der Waals surface area (Å²) in [5.74, 6) is -0.385. The van der Waals surface area contributed by atoms with Gasteiger partial charge < -0.3 is 19.9 Å². The molecule has 0 aromatic heterocycles. The zero-order chi connectivity index (χ0) is 28.2. The van der Waals surface area contributed by atoms with Crippen LogP contribution in [0.3, 0.4) is 0 Å². The molecule has 1 aliphatic heterocycles. The van der Waals surface area contributed by atoms with Gasteiger partial charge in [0.25, 0.3) is 0 Å². The lowest BCUT2D eigenvalue weighted by Gasteiger charge is -2.38. The summed E-state index contributed by atoms with van der Waals surface area (Å²) >= 11 is 15.5. The first-order valence-corrected chi connectivity index (χ1v) is 13.9. The van der Waals surface area contributed by atoms with Gasteiger partial charge in [-0.3, -0.25) is 14.4 Å². The van der Waals surface area contributed by atoms with E-state index in [-0.39, 0.29) is 25.5 Å². The summed E-state index contributed by atoms with van der Waals surface area (Å²) < 4.78 is 6.76. The van der Waals surface area contributed by atoms with Crippen molar-refractivity contribution in [3.63, 3.8) is 0 Å². The predicted molar refractivity (Wildman–Crippen MR) is 155 cm³/mol. The van der Waals surface area contributed by atoms with E-state index in [2.05, 4.69) is 21.2 Å². The Hall–Kier alpha value is -3.07. The highest BCUT2D eigenvalue weighted by atomic mass is 79.9. The number of hydrogen-bond donors (Lipinski definition) is 1. The van der Waals surface area contributed by atoms with Crippen LogP contribution in [0.4, 0.5) is 0 Å². The van der Waals surface area contributed by atoms with Gasteiger partial charge in [0.1, 0.15) is 11.5 Å². The quantitative estimate of drug-likeness (QED) is 0.348. The van der Waals surface area contributed by atoms with Crippen molar-refractivity contribution in [1.29, 1.82) is 0 Å². The highest BCUT2D eigenvalue weighted by molar-refractivity contribution is 9.10. The second kappa shape index (κ2) is 12.4. The van der Waals surface area contributed by atoms with E-state index < -0.39 is 17.2 Å². The Balaban J connectivity index is 1.33. The van der Waals surface area contributed by atoms with E-state index >= 15 is 0 Å². The molecule has 0 unspecified atom stereocenters. The molecule has 4 rings (SSSR count). The van der Waals surface area contributed by atoms with Crippen molar-refractivity contribution >= 4 is 56.9 Å². The van der Waals surface area contributed by atoms with Crippen LogP contribution >= 0.6 is 39.1 Å². The molecule has 0 saturated carbocycles. The summed E-state index contributed by atoms with van der Waals surface area (Å²) in [6.07, 6.45) is 0. The monoisotopic (exact) mass is 631 g/mol. The Morgan fingerprint density at radius 1 is 0.897 bits per heavy atom. The zero-order valence-electron chi connectivity index (χ0n) is 21.5. The Kier molecular flexibility index (Phi) is 9.20. The van der Waals surface area contributed by atoms with Crippen molar-refractivity contribution in [2.75, 3.05) is 26.2 Å². The van der Waals surface area contributed by atoms with Crippen molar-refractivity contribution in [1.82, 2.24) is 15.1 Å². The van der Waals surface area contributed by atoms with Crippen LogP contribution in [0.1, 0.15) is 25.0 Å². The number of amides is 3. The number of piperazine rings is 1. The maximum atomic E-state index is 13.2. The Morgan fingerprint density at radius 2 is 1.56 bits per heavy atom. The number of hydrogen-bond acceptors (Lipinski definition) is 4. The molecule has 3 aromatic rings. The van der Waals surface area contributed by atoms with Crippen LogP contribution in [0.25, 0.3) is 0 Å². The van der Waals surface area contributed by atoms with Crippen LogP contribution in [0.15, 0.2) is 71.2 Å². The van der Waals surface area contributed by atoms with E-state index in [0.717, 1.165) is 10.0 Å². The maximum Gasteiger partial charge on any atom is 0.312 e. The first-order valence-electron chi connectivity index (χ1n) is 12.4. The minimum Gasteiger partial charge on any atom is -0.457 e. The summed E-state index contributed by atoms with van der Waals surface area (Å²) in [6.45, 7) is 5.18. The zero-order valence-corrected chi connectivity index (χ0v) is 24.6. The molecular weight excluding hydrogens is 605 g/mol. The Bertz CT molecular complexity index is 1380. The van der Waals surface area contributed by atoms with Gasteiger partial charge in [-0.25, -0.2) is 0 Å². The van der Waals surface area contributed by atoms with Crippen LogP contribution in [-0.4, -0.2) is 53.7 Å². The normalized spacial score (nSPS) is 13.7. The van der Waals surface area contributed by atoms with Gasteiger partial charge in [0.2, 0.25) is 5.91 Å². The molecule has 0 bridgehead atoms. The molecule has 3 amide bonds. The van der Waals surface area contributed by atoms with E-state index in [1.165, 1.54) is 4.90 Å². The highest BCUT2D eigenvalue weighted by Gasteiger charge is 2.36. The van der Waals surface area contributed by atoms with Crippen LogP contribution in [0.5, 0.6) is 11.5 Å². The number of halogens is 3. The maximum absolute atomic E-state index is 13.2. The summed E-state index contributed by atoms with van der Waals surface area (Å²) in [7, 11) is 0. The van der Waals surface area contributed by atoms with Crippen LogP contribution in [-0.2, 0) is 26.3 Å². The average molecular weight is 633 g/mol. The highest BCUT2D eigenvalue weighted by Crippen LogP contribution is 2.32. The molecule has 1 N–H and O–H groups in total. The number of rotatable bonds is 6. The molecule has 204 valence electrons. The van der Waals surface area contributed by atoms with Crippen molar-refractivity contribution in [2.45, 2.75) is 25.8 Å².